The minimum absolute atomic E-state index is 0.722. The fourth-order valence-corrected chi connectivity index (χ4v) is 1.36. The van der Waals surface area contributed by atoms with E-state index in [0.29, 0.717) is 0 Å². The molecule has 0 aromatic carbocycles. The molecule has 0 aliphatic carbocycles. The molecule has 0 atom stereocenters. The van der Waals surface area contributed by atoms with Gasteiger partial charge in [0.2, 0.25) is 0 Å². The van der Waals surface area contributed by atoms with Crippen LogP contribution in [0.1, 0.15) is 0 Å². The van der Waals surface area contributed by atoms with Crippen LogP contribution >= 0.6 is 22.6 Å². The summed E-state index contributed by atoms with van der Waals surface area (Å²) < 4.78 is 0.937. The summed E-state index contributed by atoms with van der Waals surface area (Å²) in [6.07, 6.45) is 5.24. The number of hydrogen-bond acceptors (Lipinski definition) is 3. The molecule has 3 nitrogen and oxygen atoms in total. The van der Waals surface area contributed by atoms with Crippen LogP contribution in [0.3, 0.4) is 0 Å². The van der Waals surface area contributed by atoms with Crippen LogP contribution in [-0.2, 0) is 0 Å². The summed E-state index contributed by atoms with van der Waals surface area (Å²) in [6.45, 7) is 0. The van der Waals surface area contributed by atoms with E-state index in [9.17, 15) is 0 Å². The van der Waals surface area contributed by atoms with E-state index in [4.69, 9.17) is 0 Å². The van der Waals surface area contributed by atoms with Gasteiger partial charge >= 0.3 is 0 Å². The molecule has 0 amide bonds. The second-order valence-electron chi connectivity index (χ2n) is 2.44. The van der Waals surface area contributed by atoms with E-state index in [1.165, 1.54) is 0 Å². The number of hydrogen-bond donors (Lipinski definition) is 0. The van der Waals surface area contributed by atoms with Crippen molar-refractivity contribution in [1.82, 2.24) is 15.0 Å². The smallest absolute Gasteiger partial charge is 0.161 e. The first-order valence-corrected chi connectivity index (χ1v) is 4.83. The van der Waals surface area contributed by atoms with Gasteiger partial charge in [0.05, 0.1) is 0 Å². The van der Waals surface area contributed by atoms with Crippen LogP contribution in [0.5, 0.6) is 0 Å². The Kier molecular flexibility index (Phi) is 2.49. The fraction of sp³-hybridized carbons (Fsp3) is 0. The number of halogens is 1. The van der Waals surface area contributed by atoms with Gasteiger partial charge in [0, 0.05) is 24.2 Å². The number of nitrogens with zero attached hydrogens (tertiary/aromatic N) is 3. The molecular formula is C9H6IN3. The van der Waals surface area contributed by atoms with Gasteiger partial charge in [-0.2, -0.15) is 0 Å². The summed E-state index contributed by atoms with van der Waals surface area (Å²) in [4.78, 5) is 12.4. The third kappa shape index (κ3) is 2.00. The molecule has 4 heteroatoms. The van der Waals surface area contributed by atoms with Crippen molar-refractivity contribution in [2.45, 2.75) is 0 Å². The van der Waals surface area contributed by atoms with Crippen molar-refractivity contribution in [3.8, 4) is 11.4 Å². The number of pyridine rings is 1. The second kappa shape index (κ2) is 3.78. The van der Waals surface area contributed by atoms with Gasteiger partial charge in [0.15, 0.2) is 5.82 Å². The van der Waals surface area contributed by atoms with Crippen molar-refractivity contribution in [1.29, 1.82) is 0 Å². The summed E-state index contributed by atoms with van der Waals surface area (Å²) in [5.74, 6) is 0.722. The van der Waals surface area contributed by atoms with E-state index in [2.05, 4.69) is 37.5 Å². The molecule has 13 heavy (non-hydrogen) atoms. The van der Waals surface area contributed by atoms with Crippen molar-refractivity contribution < 1.29 is 0 Å². The van der Waals surface area contributed by atoms with E-state index in [1.54, 1.807) is 18.6 Å². The lowest BCUT2D eigenvalue weighted by Crippen LogP contribution is -1.90. The van der Waals surface area contributed by atoms with Crippen molar-refractivity contribution in [3.63, 3.8) is 0 Å². The lowest BCUT2D eigenvalue weighted by atomic mass is 10.3. The molecule has 0 spiro atoms. The third-order valence-electron chi connectivity index (χ3n) is 1.54. The lowest BCUT2D eigenvalue weighted by molar-refractivity contribution is 1.14. The minimum atomic E-state index is 0.722. The van der Waals surface area contributed by atoms with Gasteiger partial charge in [-0.3, -0.25) is 4.98 Å². The van der Waals surface area contributed by atoms with Crippen LogP contribution in [0.2, 0.25) is 0 Å². The zero-order valence-corrected chi connectivity index (χ0v) is 8.84. The minimum Gasteiger partial charge on any atom is -0.264 e. The highest BCUT2D eigenvalue weighted by atomic mass is 127. The maximum absolute atomic E-state index is 4.28. The largest absolute Gasteiger partial charge is 0.264 e. The molecule has 0 saturated carbocycles. The Morgan fingerprint density at radius 3 is 2.77 bits per heavy atom. The monoisotopic (exact) mass is 283 g/mol. The highest BCUT2D eigenvalue weighted by Gasteiger charge is 1.99. The van der Waals surface area contributed by atoms with Gasteiger partial charge in [-0.05, 0) is 40.8 Å². The Bertz CT molecular complexity index is 403. The molecular weight excluding hydrogens is 277 g/mol. The lowest BCUT2D eigenvalue weighted by Gasteiger charge is -1.97. The number of aromatic nitrogens is 3. The quantitative estimate of drug-likeness (QED) is 0.594. The highest BCUT2D eigenvalue weighted by molar-refractivity contribution is 14.1. The molecule has 64 valence electrons. The molecule has 0 N–H and O–H groups in total. The van der Waals surface area contributed by atoms with Gasteiger partial charge in [-0.25, -0.2) is 9.97 Å². The molecule has 0 saturated heterocycles. The van der Waals surface area contributed by atoms with Gasteiger partial charge in [-0.1, -0.05) is 0 Å². The predicted octanol–water partition coefficient (Wildman–Crippen LogP) is 2.14. The molecule has 0 fully saturated rings. The standard InChI is InChI=1S/C9H6IN3/c10-8-3-5-12-9(13-8)7-2-1-4-11-6-7/h1-6H. The van der Waals surface area contributed by atoms with E-state index in [0.717, 1.165) is 15.1 Å². The Balaban J connectivity index is 2.48. The zero-order chi connectivity index (χ0) is 9.10. The Hall–Kier alpha value is -1.04. The molecule has 0 unspecified atom stereocenters. The number of rotatable bonds is 1. The van der Waals surface area contributed by atoms with Gasteiger partial charge < -0.3 is 0 Å². The van der Waals surface area contributed by atoms with E-state index < -0.39 is 0 Å². The maximum atomic E-state index is 4.28. The van der Waals surface area contributed by atoms with Crippen LogP contribution in [0.4, 0.5) is 0 Å². The Morgan fingerprint density at radius 2 is 2.08 bits per heavy atom. The molecule has 2 aromatic heterocycles. The van der Waals surface area contributed by atoms with Crippen molar-refractivity contribution in [3.05, 3.63) is 40.5 Å². The summed E-state index contributed by atoms with van der Waals surface area (Å²) in [5, 5.41) is 0. The van der Waals surface area contributed by atoms with Gasteiger partial charge in [-0.15, -0.1) is 0 Å². The summed E-state index contributed by atoms with van der Waals surface area (Å²) >= 11 is 2.16. The average molecular weight is 283 g/mol. The Morgan fingerprint density at radius 1 is 1.15 bits per heavy atom. The van der Waals surface area contributed by atoms with E-state index in [1.807, 2.05) is 18.2 Å². The van der Waals surface area contributed by atoms with Crippen LogP contribution in [-0.4, -0.2) is 15.0 Å². The Labute approximate surface area is 89.4 Å². The average Bonchev–Trinajstić information content (AvgIpc) is 2.19. The van der Waals surface area contributed by atoms with E-state index >= 15 is 0 Å². The van der Waals surface area contributed by atoms with Gasteiger partial charge in [0.25, 0.3) is 0 Å². The summed E-state index contributed by atoms with van der Waals surface area (Å²) in [5.41, 5.74) is 0.945. The first kappa shape index (κ1) is 8.55. The van der Waals surface area contributed by atoms with Crippen LogP contribution < -0.4 is 0 Å². The summed E-state index contributed by atoms with van der Waals surface area (Å²) in [6, 6.07) is 5.68. The molecule has 0 aliphatic rings. The second-order valence-corrected chi connectivity index (χ2v) is 3.55. The summed E-state index contributed by atoms with van der Waals surface area (Å²) in [7, 11) is 0. The molecule has 2 heterocycles. The molecule has 0 bridgehead atoms. The molecule has 2 aromatic rings. The third-order valence-corrected chi connectivity index (χ3v) is 2.14. The maximum Gasteiger partial charge on any atom is 0.161 e. The zero-order valence-electron chi connectivity index (χ0n) is 6.68. The van der Waals surface area contributed by atoms with Crippen LogP contribution in [0.15, 0.2) is 36.8 Å². The first-order valence-electron chi connectivity index (χ1n) is 3.75. The topological polar surface area (TPSA) is 38.7 Å². The fourth-order valence-electron chi connectivity index (χ4n) is 0.971. The highest BCUT2D eigenvalue weighted by Crippen LogP contribution is 2.12. The molecule has 0 radical (unpaired) electrons. The first-order chi connectivity index (χ1) is 6.36. The van der Waals surface area contributed by atoms with Crippen LogP contribution in [0.25, 0.3) is 11.4 Å². The van der Waals surface area contributed by atoms with Crippen molar-refractivity contribution in [2.24, 2.45) is 0 Å². The predicted molar refractivity (Wildman–Crippen MR) is 58.0 cm³/mol. The van der Waals surface area contributed by atoms with Crippen LogP contribution in [0, 0.1) is 3.70 Å². The van der Waals surface area contributed by atoms with Crippen molar-refractivity contribution >= 4 is 22.6 Å². The SMILES string of the molecule is Ic1ccnc(-c2cccnc2)n1. The van der Waals surface area contributed by atoms with Gasteiger partial charge in [0.1, 0.15) is 3.70 Å². The van der Waals surface area contributed by atoms with Crippen molar-refractivity contribution in [2.75, 3.05) is 0 Å². The molecule has 0 aliphatic heterocycles. The van der Waals surface area contributed by atoms with E-state index in [-0.39, 0.29) is 0 Å². The molecule has 2 rings (SSSR count). The normalized spacial score (nSPS) is 9.92.